The van der Waals surface area contributed by atoms with Crippen molar-refractivity contribution in [1.29, 1.82) is 0 Å². The summed E-state index contributed by atoms with van der Waals surface area (Å²) in [5.41, 5.74) is 0.681. The fourth-order valence-electron chi connectivity index (χ4n) is 1.81. The lowest BCUT2D eigenvalue weighted by atomic mass is 10.2. The maximum absolute atomic E-state index is 11.8. The number of aromatic nitrogens is 1. The van der Waals surface area contributed by atoms with E-state index >= 15 is 0 Å². The van der Waals surface area contributed by atoms with Gasteiger partial charge in [-0.2, -0.15) is 0 Å². The summed E-state index contributed by atoms with van der Waals surface area (Å²) < 4.78 is 5.29. The molecular weight excluding hydrogens is 192 g/mol. The monoisotopic (exact) mass is 208 g/mol. The van der Waals surface area contributed by atoms with Crippen molar-refractivity contribution >= 4 is 5.78 Å². The van der Waals surface area contributed by atoms with Gasteiger partial charge >= 0.3 is 0 Å². The first kappa shape index (κ1) is 10.4. The zero-order valence-electron chi connectivity index (χ0n) is 8.90. The summed E-state index contributed by atoms with van der Waals surface area (Å²) in [6.07, 6.45) is 2.79. The highest BCUT2D eigenvalue weighted by Crippen LogP contribution is 2.11. The van der Waals surface area contributed by atoms with Crippen molar-refractivity contribution in [2.75, 3.05) is 26.8 Å². The van der Waals surface area contributed by atoms with E-state index in [9.17, 15) is 4.79 Å². The van der Waals surface area contributed by atoms with Crippen LogP contribution >= 0.6 is 0 Å². The average Bonchev–Trinajstić information content (AvgIpc) is 2.91. The summed E-state index contributed by atoms with van der Waals surface area (Å²) in [6, 6.07) is 4.04. The first-order chi connectivity index (χ1) is 7.27. The fourth-order valence-corrected chi connectivity index (χ4v) is 1.81. The highest BCUT2D eigenvalue weighted by Gasteiger charge is 2.22. The van der Waals surface area contributed by atoms with E-state index in [-0.39, 0.29) is 5.78 Å². The Hall–Kier alpha value is -1.13. The molecule has 0 amide bonds. The van der Waals surface area contributed by atoms with E-state index in [1.165, 1.54) is 0 Å². The van der Waals surface area contributed by atoms with Gasteiger partial charge in [-0.15, -0.1) is 0 Å². The minimum Gasteiger partial charge on any atom is -0.380 e. The van der Waals surface area contributed by atoms with Crippen molar-refractivity contribution in [3.63, 3.8) is 0 Å². The minimum absolute atomic E-state index is 0.134. The molecule has 1 aromatic heterocycles. The van der Waals surface area contributed by atoms with Gasteiger partial charge in [0.15, 0.2) is 5.78 Å². The molecule has 1 fully saturated rings. The Morgan fingerprint density at radius 1 is 1.73 bits per heavy atom. The number of hydrogen-bond acceptors (Lipinski definition) is 3. The van der Waals surface area contributed by atoms with E-state index in [0.717, 1.165) is 19.6 Å². The first-order valence-corrected chi connectivity index (χ1v) is 5.22. The van der Waals surface area contributed by atoms with Gasteiger partial charge in [-0.3, -0.25) is 9.69 Å². The predicted molar refractivity (Wildman–Crippen MR) is 57.0 cm³/mol. The second kappa shape index (κ2) is 4.59. The number of likely N-dealkylation sites (N-methyl/N-ethyl adjacent to an activating group) is 1. The molecule has 1 aromatic rings. The van der Waals surface area contributed by atoms with E-state index in [1.807, 2.05) is 13.1 Å². The van der Waals surface area contributed by atoms with Crippen molar-refractivity contribution < 1.29 is 9.53 Å². The second-order valence-corrected chi connectivity index (χ2v) is 3.94. The van der Waals surface area contributed by atoms with Crippen molar-refractivity contribution in [2.45, 2.75) is 12.5 Å². The Morgan fingerprint density at radius 2 is 2.60 bits per heavy atom. The number of nitrogens with zero attached hydrogens (tertiary/aromatic N) is 1. The van der Waals surface area contributed by atoms with E-state index in [2.05, 4.69) is 9.88 Å². The number of rotatable bonds is 4. The van der Waals surface area contributed by atoms with Gasteiger partial charge in [0.2, 0.25) is 0 Å². The van der Waals surface area contributed by atoms with Crippen LogP contribution in [0.1, 0.15) is 16.9 Å². The van der Waals surface area contributed by atoms with Crippen molar-refractivity contribution in [2.24, 2.45) is 0 Å². The number of carbonyl (C=O) groups is 1. The molecule has 15 heavy (non-hydrogen) atoms. The molecule has 2 heterocycles. The normalized spacial score (nSPS) is 21.1. The molecule has 1 saturated heterocycles. The molecule has 1 N–H and O–H groups in total. The number of aromatic amines is 1. The maximum atomic E-state index is 11.8. The largest absolute Gasteiger partial charge is 0.380 e. The third-order valence-corrected chi connectivity index (χ3v) is 2.82. The molecule has 0 aromatic carbocycles. The highest BCUT2D eigenvalue weighted by atomic mass is 16.5. The summed E-state index contributed by atoms with van der Waals surface area (Å²) in [6.45, 7) is 2.01. The third kappa shape index (κ3) is 2.46. The number of Topliss-reactive ketones (excluding diaryl/α,β-unsaturated/α-hetero) is 1. The zero-order valence-corrected chi connectivity index (χ0v) is 8.90. The lowest BCUT2D eigenvalue weighted by Gasteiger charge is -2.21. The lowest BCUT2D eigenvalue weighted by Crippen LogP contribution is -2.36. The Kier molecular flexibility index (Phi) is 3.18. The summed E-state index contributed by atoms with van der Waals surface area (Å²) in [4.78, 5) is 16.8. The lowest BCUT2D eigenvalue weighted by molar-refractivity contribution is 0.0903. The van der Waals surface area contributed by atoms with Gasteiger partial charge < -0.3 is 9.72 Å². The van der Waals surface area contributed by atoms with Gasteiger partial charge in [0.1, 0.15) is 0 Å². The van der Waals surface area contributed by atoms with Crippen LogP contribution in [0.2, 0.25) is 0 Å². The topological polar surface area (TPSA) is 45.3 Å². The molecule has 0 bridgehead atoms. The molecule has 82 valence electrons. The molecular formula is C11H16N2O2. The van der Waals surface area contributed by atoms with Crippen LogP contribution in [0.3, 0.4) is 0 Å². The van der Waals surface area contributed by atoms with Crippen LogP contribution in [-0.4, -0.2) is 48.5 Å². The third-order valence-electron chi connectivity index (χ3n) is 2.82. The molecule has 2 rings (SSSR count). The average molecular weight is 208 g/mol. The van der Waals surface area contributed by atoms with Crippen LogP contribution in [0.15, 0.2) is 18.3 Å². The summed E-state index contributed by atoms with van der Waals surface area (Å²) in [5, 5.41) is 0. The van der Waals surface area contributed by atoms with Crippen molar-refractivity contribution in [1.82, 2.24) is 9.88 Å². The quantitative estimate of drug-likeness (QED) is 0.748. The summed E-state index contributed by atoms with van der Waals surface area (Å²) in [5.74, 6) is 0.134. The standard InChI is InChI=1S/C11H16N2O2/c1-13(9-4-6-15-8-9)7-11(14)10-3-2-5-12-10/h2-3,5,9,12H,4,6-8H2,1H3. The first-order valence-electron chi connectivity index (χ1n) is 5.22. The Bertz CT molecular complexity index is 315. The molecule has 0 saturated carbocycles. The second-order valence-electron chi connectivity index (χ2n) is 3.94. The van der Waals surface area contributed by atoms with Crippen LogP contribution in [0.5, 0.6) is 0 Å². The van der Waals surface area contributed by atoms with Gasteiger partial charge in [-0.1, -0.05) is 0 Å². The van der Waals surface area contributed by atoms with E-state index in [0.29, 0.717) is 18.3 Å². The van der Waals surface area contributed by atoms with Crippen molar-refractivity contribution in [3.05, 3.63) is 24.0 Å². The van der Waals surface area contributed by atoms with E-state index in [1.54, 1.807) is 12.3 Å². The Morgan fingerprint density at radius 3 is 3.20 bits per heavy atom. The number of ether oxygens (including phenoxy) is 1. The minimum atomic E-state index is 0.134. The molecule has 1 aliphatic rings. The SMILES string of the molecule is CN(CC(=O)c1ccc[nH]1)C1CCOC1. The smallest absolute Gasteiger partial charge is 0.192 e. The van der Waals surface area contributed by atoms with Crippen molar-refractivity contribution in [3.8, 4) is 0 Å². The molecule has 0 spiro atoms. The van der Waals surface area contributed by atoms with Gasteiger partial charge in [0, 0.05) is 18.8 Å². The summed E-state index contributed by atoms with van der Waals surface area (Å²) in [7, 11) is 1.97. The van der Waals surface area contributed by atoms with Gasteiger partial charge in [0.05, 0.1) is 18.8 Å². The zero-order chi connectivity index (χ0) is 10.7. The predicted octanol–water partition coefficient (Wildman–Crippen LogP) is 0.918. The van der Waals surface area contributed by atoms with Crippen LogP contribution in [0.25, 0.3) is 0 Å². The van der Waals surface area contributed by atoms with Crippen LogP contribution in [0.4, 0.5) is 0 Å². The Balaban J connectivity index is 1.88. The van der Waals surface area contributed by atoms with Gasteiger partial charge in [0.25, 0.3) is 0 Å². The van der Waals surface area contributed by atoms with E-state index < -0.39 is 0 Å². The number of ketones is 1. The molecule has 0 aliphatic carbocycles. The number of carbonyl (C=O) groups excluding carboxylic acids is 1. The summed E-state index contributed by atoms with van der Waals surface area (Å²) >= 11 is 0. The Labute approximate surface area is 89.2 Å². The van der Waals surface area contributed by atoms with Crippen LogP contribution in [0, 0.1) is 0 Å². The highest BCUT2D eigenvalue weighted by molar-refractivity contribution is 5.95. The molecule has 1 aliphatic heterocycles. The molecule has 4 nitrogen and oxygen atoms in total. The van der Waals surface area contributed by atoms with Crippen LogP contribution < -0.4 is 0 Å². The molecule has 1 atom stereocenters. The number of H-pyrrole nitrogens is 1. The number of hydrogen-bond donors (Lipinski definition) is 1. The fraction of sp³-hybridized carbons (Fsp3) is 0.545. The maximum Gasteiger partial charge on any atom is 0.192 e. The van der Waals surface area contributed by atoms with E-state index in [4.69, 9.17) is 4.74 Å². The number of nitrogens with one attached hydrogen (secondary N) is 1. The van der Waals surface area contributed by atoms with Gasteiger partial charge in [-0.25, -0.2) is 0 Å². The van der Waals surface area contributed by atoms with Crippen LogP contribution in [-0.2, 0) is 4.74 Å². The van der Waals surface area contributed by atoms with Gasteiger partial charge in [-0.05, 0) is 25.6 Å². The molecule has 0 radical (unpaired) electrons. The molecule has 4 heteroatoms. The molecule has 1 unspecified atom stereocenters.